The lowest BCUT2D eigenvalue weighted by Crippen LogP contribution is -2.17. The molecule has 1 unspecified atom stereocenters. The van der Waals surface area contributed by atoms with E-state index in [0.717, 1.165) is 11.3 Å². The Morgan fingerprint density at radius 1 is 1.31 bits per heavy atom. The van der Waals surface area contributed by atoms with Crippen LogP contribution in [0.3, 0.4) is 0 Å². The molecule has 0 heterocycles. The smallest absolute Gasteiger partial charge is 0.327 e. The maximum absolute atomic E-state index is 8.66. The van der Waals surface area contributed by atoms with Crippen molar-refractivity contribution in [1.29, 1.82) is 0 Å². The molecule has 0 radical (unpaired) electrons. The maximum atomic E-state index is 8.66. The minimum Gasteiger partial charge on any atom is -0.497 e. The highest BCUT2D eigenvalue weighted by molar-refractivity contribution is 7.39. The summed E-state index contributed by atoms with van der Waals surface area (Å²) >= 11 is 0. The Hall–Kier alpha value is -0.710. The summed E-state index contributed by atoms with van der Waals surface area (Å²) in [6.45, 7) is 0.580. The highest BCUT2D eigenvalue weighted by atomic mass is 31.2. The Labute approximate surface area is 95.8 Å². The Morgan fingerprint density at radius 2 is 1.94 bits per heavy atom. The molecule has 16 heavy (non-hydrogen) atoms. The van der Waals surface area contributed by atoms with Crippen molar-refractivity contribution >= 4 is 8.60 Å². The van der Waals surface area contributed by atoms with Crippen LogP contribution in [0.5, 0.6) is 5.75 Å². The molecule has 0 saturated carbocycles. The zero-order valence-corrected chi connectivity index (χ0v) is 9.93. The summed E-state index contributed by atoms with van der Waals surface area (Å²) in [5.41, 5.74) is 6.58. The summed E-state index contributed by atoms with van der Waals surface area (Å²) < 4.78 is 9.81. The number of ether oxygens (including phenoxy) is 1. The summed E-state index contributed by atoms with van der Waals surface area (Å²) in [6.07, 6.45) is 0. The number of methoxy groups -OCH3 is 1. The third-order valence-corrected chi connectivity index (χ3v) is 2.64. The van der Waals surface area contributed by atoms with Gasteiger partial charge in [0.15, 0.2) is 0 Å². The number of benzene rings is 1. The van der Waals surface area contributed by atoms with Crippen LogP contribution in [0.1, 0.15) is 11.5 Å². The number of nitrogens with two attached hydrogens (primary N) is 1. The Bertz CT molecular complexity index is 304. The van der Waals surface area contributed by atoms with Crippen molar-refractivity contribution in [3.05, 3.63) is 29.8 Å². The summed E-state index contributed by atoms with van der Waals surface area (Å²) in [5.74, 6) is 0.724. The van der Waals surface area contributed by atoms with Crippen LogP contribution in [0.25, 0.3) is 0 Å². The van der Waals surface area contributed by atoms with Gasteiger partial charge in [0.2, 0.25) is 0 Å². The van der Waals surface area contributed by atoms with Gasteiger partial charge in [-0.05, 0) is 17.7 Å². The first-order chi connectivity index (χ1) is 7.67. The molecule has 0 spiro atoms. The third-order valence-electron chi connectivity index (χ3n) is 2.26. The molecule has 1 atom stereocenters. The van der Waals surface area contributed by atoms with Crippen LogP contribution in [-0.4, -0.2) is 30.0 Å². The summed E-state index contributed by atoms with van der Waals surface area (Å²) in [4.78, 5) is 17.3. The zero-order chi connectivity index (χ0) is 12.0. The van der Waals surface area contributed by atoms with Crippen molar-refractivity contribution in [3.63, 3.8) is 0 Å². The zero-order valence-electron chi connectivity index (χ0n) is 9.04. The van der Waals surface area contributed by atoms with Crippen LogP contribution in [-0.2, 0) is 4.52 Å². The van der Waals surface area contributed by atoms with Crippen molar-refractivity contribution in [2.24, 2.45) is 5.73 Å². The van der Waals surface area contributed by atoms with E-state index in [1.165, 1.54) is 0 Å². The molecule has 0 fully saturated rings. The van der Waals surface area contributed by atoms with Crippen LogP contribution in [0.2, 0.25) is 0 Å². The van der Waals surface area contributed by atoms with Gasteiger partial charge >= 0.3 is 8.60 Å². The van der Waals surface area contributed by atoms with E-state index < -0.39 is 8.60 Å². The molecule has 6 heteroatoms. The second-order valence-electron chi connectivity index (χ2n) is 3.25. The first kappa shape index (κ1) is 13.4. The van der Waals surface area contributed by atoms with Crippen molar-refractivity contribution in [3.8, 4) is 5.75 Å². The van der Waals surface area contributed by atoms with Gasteiger partial charge in [-0.25, -0.2) is 0 Å². The van der Waals surface area contributed by atoms with Gasteiger partial charge in [0.05, 0.1) is 13.7 Å². The van der Waals surface area contributed by atoms with E-state index in [9.17, 15) is 0 Å². The largest absolute Gasteiger partial charge is 0.497 e. The minimum absolute atomic E-state index is 0.0461. The molecule has 1 aromatic carbocycles. The highest BCUT2D eigenvalue weighted by Crippen LogP contribution is 2.28. The van der Waals surface area contributed by atoms with Crippen molar-refractivity contribution in [1.82, 2.24) is 0 Å². The van der Waals surface area contributed by atoms with E-state index in [2.05, 4.69) is 0 Å². The predicted molar refractivity (Wildman–Crippen MR) is 62.1 cm³/mol. The van der Waals surface area contributed by atoms with E-state index in [0.29, 0.717) is 6.54 Å². The van der Waals surface area contributed by atoms with Crippen molar-refractivity contribution in [2.75, 3.05) is 20.3 Å². The van der Waals surface area contributed by atoms with Crippen molar-refractivity contribution in [2.45, 2.75) is 5.92 Å². The van der Waals surface area contributed by atoms with Crippen LogP contribution in [0, 0.1) is 0 Å². The van der Waals surface area contributed by atoms with Gasteiger partial charge < -0.3 is 24.8 Å². The standard InChI is InChI=1S/C10H16NO4P/c1-14-10-4-2-8(3-5-10)9(6-11)7-15-16(12)13/h2-5,9,12-13H,6-7,11H2,1H3. The maximum Gasteiger partial charge on any atom is 0.327 e. The SMILES string of the molecule is COc1ccc(C(CN)COP(O)O)cc1. The number of rotatable bonds is 6. The second-order valence-corrected chi connectivity index (χ2v) is 4.02. The van der Waals surface area contributed by atoms with Crippen LogP contribution < -0.4 is 10.5 Å². The molecule has 1 aromatic rings. The molecular weight excluding hydrogens is 229 g/mol. The van der Waals surface area contributed by atoms with E-state index in [1.807, 2.05) is 24.3 Å². The first-order valence-corrected chi connectivity index (χ1v) is 5.98. The third kappa shape index (κ3) is 4.04. The molecule has 5 nitrogen and oxygen atoms in total. The fourth-order valence-corrected chi connectivity index (χ4v) is 1.65. The molecule has 0 bridgehead atoms. The fourth-order valence-electron chi connectivity index (χ4n) is 1.33. The van der Waals surface area contributed by atoms with Gasteiger partial charge in [0.1, 0.15) is 5.75 Å². The van der Waals surface area contributed by atoms with Crippen LogP contribution >= 0.6 is 8.60 Å². The monoisotopic (exact) mass is 245 g/mol. The Kier molecular flexibility index (Phi) is 5.66. The van der Waals surface area contributed by atoms with Crippen molar-refractivity contribution < 1.29 is 19.0 Å². The molecule has 0 aliphatic carbocycles. The van der Waals surface area contributed by atoms with Gasteiger partial charge in [0.25, 0.3) is 0 Å². The quantitative estimate of drug-likeness (QED) is 0.650. The molecule has 0 aliphatic rings. The number of hydrogen-bond acceptors (Lipinski definition) is 5. The number of hydrogen-bond donors (Lipinski definition) is 3. The lowest BCUT2D eigenvalue weighted by molar-refractivity contribution is 0.239. The molecule has 1 rings (SSSR count). The lowest BCUT2D eigenvalue weighted by Gasteiger charge is -2.15. The Balaban J connectivity index is 2.63. The average Bonchev–Trinajstić information content (AvgIpc) is 2.30. The molecule has 0 saturated heterocycles. The molecular formula is C10H16NO4P. The van der Waals surface area contributed by atoms with Gasteiger partial charge in [-0.15, -0.1) is 0 Å². The Morgan fingerprint density at radius 3 is 2.38 bits per heavy atom. The van der Waals surface area contributed by atoms with Gasteiger partial charge in [-0.3, -0.25) is 0 Å². The van der Waals surface area contributed by atoms with E-state index in [1.54, 1.807) is 7.11 Å². The van der Waals surface area contributed by atoms with Gasteiger partial charge in [0, 0.05) is 12.5 Å². The summed E-state index contributed by atoms with van der Waals surface area (Å²) in [6, 6.07) is 7.44. The predicted octanol–water partition coefficient (Wildman–Crippen LogP) is 0.966. The molecule has 4 N–H and O–H groups in total. The lowest BCUT2D eigenvalue weighted by atomic mass is 10.0. The topological polar surface area (TPSA) is 84.9 Å². The molecule has 0 aliphatic heterocycles. The fraction of sp³-hybridized carbons (Fsp3) is 0.400. The summed E-state index contributed by atoms with van der Waals surface area (Å²) in [5, 5.41) is 0. The normalized spacial score (nSPS) is 12.8. The first-order valence-electron chi connectivity index (χ1n) is 4.82. The molecule has 0 aromatic heterocycles. The van der Waals surface area contributed by atoms with Gasteiger partial charge in [-0.1, -0.05) is 12.1 Å². The second kappa shape index (κ2) is 6.78. The van der Waals surface area contributed by atoms with Crippen LogP contribution in [0.15, 0.2) is 24.3 Å². The van der Waals surface area contributed by atoms with E-state index in [-0.39, 0.29) is 12.5 Å². The minimum atomic E-state index is -2.32. The van der Waals surface area contributed by atoms with E-state index in [4.69, 9.17) is 24.8 Å². The molecule has 0 amide bonds. The van der Waals surface area contributed by atoms with E-state index >= 15 is 0 Å². The molecule has 90 valence electrons. The summed E-state index contributed by atoms with van der Waals surface area (Å²) in [7, 11) is -0.718. The highest BCUT2D eigenvalue weighted by Gasteiger charge is 2.12. The van der Waals surface area contributed by atoms with Crippen LogP contribution in [0.4, 0.5) is 0 Å². The average molecular weight is 245 g/mol. The van der Waals surface area contributed by atoms with Gasteiger partial charge in [-0.2, -0.15) is 0 Å².